The standard InChI is InChI=1S/C10H18N4S/c1-4-5-15-6-8-12-9(7(2)3)14-10(11)13-8/h7H,4-6H2,1-3H3,(H2,11,12,13,14). The average molecular weight is 226 g/mol. The van der Waals surface area contributed by atoms with E-state index in [4.69, 9.17) is 5.73 Å². The van der Waals surface area contributed by atoms with Crippen LogP contribution >= 0.6 is 11.8 Å². The minimum absolute atomic E-state index is 0.297. The van der Waals surface area contributed by atoms with Gasteiger partial charge < -0.3 is 5.73 Å². The Balaban J connectivity index is 2.71. The molecule has 0 bridgehead atoms. The molecule has 1 aromatic rings. The first-order chi connectivity index (χ1) is 7.13. The fraction of sp³-hybridized carbons (Fsp3) is 0.700. The molecule has 5 heteroatoms. The summed E-state index contributed by atoms with van der Waals surface area (Å²) in [4.78, 5) is 12.6. The molecule has 0 aliphatic heterocycles. The van der Waals surface area contributed by atoms with Crippen molar-refractivity contribution in [1.29, 1.82) is 0 Å². The quantitative estimate of drug-likeness (QED) is 0.780. The van der Waals surface area contributed by atoms with Gasteiger partial charge in [0.05, 0.1) is 5.75 Å². The molecule has 0 aliphatic rings. The van der Waals surface area contributed by atoms with Gasteiger partial charge in [0, 0.05) is 5.92 Å². The Morgan fingerprint density at radius 1 is 1.27 bits per heavy atom. The van der Waals surface area contributed by atoms with E-state index in [0.29, 0.717) is 11.9 Å². The van der Waals surface area contributed by atoms with Crippen LogP contribution in [0, 0.1) is 0 Å². The fourth-order valence-electron chi connectivity index (χ4n) is 1.09. The third-order valence-corrected chi connectivity index (χ3v) is 2.97. The van der Waals surface area contributed by atoms with Gasteiger partial charge in [-0.1, -0.05) is 20.8 Å². The number of hydrogen-bond acceptors (Lipinski definition) is 5. The molecule has 0 unspecified atom stereocenters. The molecule has 2 N–H and O–H groups in total. The highest BCUT2D eigenvalue weighted by Crippen LogP contribution is 2.14. The molecule has 0 aromatic carbocycles. The van der Waals surface area contributed by atoms with Crippen molar-refractivity contribution in [3.8, 4) is 0 Å². The maximum atomic E-state index is 5.63. The second kappa shape index (κ2) is 5.90. The fourth-order valence-corrected chi connectivity index (χ4v) is 1.83. The second-order valence-electron chi connectivity index (χ2n) is 3.68. The number of nitrogens with zero attached hydrogens (tertiary/aromatic N) is 3. The smallest absolute Gasteiger partial charge is 0.223 e. The Kier molecular flexibility index (Phi) is 4.81. The molecule has 84 valence electrons. The van der Waals surface area contributed by atoms with Crippen molar-refractivity contribution in [2.24, 2.45) is 0 Å². The third-order valence-electron chi connectivity index (χ3n) is 1.81. The van der Waals surface area contributed by atoms with Crippen molar-refractivity contribution < 1.29 is 0 Å². The Morgan fingerprint density at radius 3 is 2.60 bits per heavy atom. The lowest BCUT2D eigenvalue weighted by atomic mass is 10.2. The molecule has 1 heterocycles. The Hall–Kier alpha value is -0.840. The summed E-state index contributed by atoms with van der Waals surface area (Å²) in [7, 11) is 0. The van der Waals surface area contributed by atoms with Gasteiger partial charge in [0.1, 0.15) is 11.6 Å². The summed E-state index contributed by atoms with van der Waals surface area (Å²) >= 11 is 1.83. The molecule has 4 nitrogen and oxygen atoms in total. The number of anilines is 1. The van der Waals surface area contributed by atoms with E-state index in [1.807, 2.05) is 11.8 Å². The van der Waals surface area contributed by atoms with E-state index in [0.717, 1.165) is 23.2 Å². The topological polar surface area (TPSA) is 64.7 Å². The minimum Gasteiger partial charge on any atom is -0.368 e. The van der Waals surface area contributed by atoms with Gasteiger partial charge in [-0.25, -0.2) is 4.98 Å². The number of hydrogen-bond donors (Lipinski definition) is 1. The maximum Gasteiger partial charge on any atom is 0.223 e. The summed E-state index contributed by atoms with van der Waals surface area (Å²) in [5.74, 6) is 4.16. The van der Waals surface area contributed by atoms with Gasteiger partial charge in [-0.3, -0.25) is 0 Å². The second-order valence-corrected chi connectivity index (χ2v) is 4.78. The normalized spacial score (nSPS) is 10.9. The van der Waals surface area contributed by atoms with E-state index in [-0.39, 0.29) is 0 Å². The molecule has 0 fully saturated rings. The van der Waals surface area contributed by atoms with Crippen molar-refractivity contribution >= 4 is 17.7 Å². The first kappa shape index (κ1) is 12.2. The molecular weight excluding hydrogens is 208 g/mol. The summed E-state index contributed by atoms with van der Waals surface area (Å²) in [5.41, 5.74) is 5.63. The summed E-state index contributed by atoms with van der Waals surface area (Å²) in [6.45, 7) is 6.27. The van der Waals surface area contributed by atoms with Gasteiger partial charge in [-0.05, 0) is 12.2 Å². The molecule has 1 rings (SSSR count). The van der Waals surface area contributed by atoms with E-state index >= 15 is 0 Å². The van der Waals surface area contributed by atoms with E-state index in [9.17, 15) is 0 Å². The highest BCUT2D eigenvalue weighted by atomic mass is 32.2. The Morgan fingerprint density at radius 2 is 2.00 bits per heavy atom. The monoisotopic (exact) mass is 226 g/mol. The predicted molar refractivity (Wildman–Crippen MR) is 64.8 cm³/mol. The molecule has 1 aromatic heterocycles. The number of nitrogen functional groups attached to an aromatic ring is 1. The summed E-state index contributed by atoms with van der Waals surface area (Å²) in [5, 5.41) is 0. The number of nitrogens with two attached hydrogens (primary N) is 1. The van der Waals surface area contributed by atoms with E-state index in [1.54, 1.807) is 0 Å². The van der Waals surface area contributed by atoms with E-state index in [1.165, 1.54) is 6.42 Å². The molecular formula is C10H18N4S. The molecule has 0 saturated heterocycles. The molecule has 0 amide bonds. The van der Waals surface area contributed by atoms with Crippen molar-refractivity contribution in [2.75, 3.05) is 11.5 Å². The average Bonchev–Trinajstić information content (AvgIpc) is 2.17. The summed E-state index contributed by atoms with van der Waals surface area (Å²) in [6.07, 6.45) is 1.17. The zero-order valence-corrected chi connectivity index (χ0v) is 10.3. The van der Waals surface area contributed by atoms with E-state index in [2.05, 4.69) is 35.7 Å². The van der Waals surface area contributed by atoms with Crippen LogP contribution in [-0.2, 0) is 5.75 Å². The van der Waals surface area contributed by atoms with Gasteiger partial charge in [0.2, 0.25) is 5.95 Å². The Labute approximate surface area is 95.1 Å². The zero-order valence-electron chi connectivity index (χ0n) is 9.53. The van der Waals surface area contributed by atoms with E-state index < -0.39 is 0 Å². The lowest BCUT2D eigenvalue weighted by Gasteiger charge is -2.06. The van der Waals surface area contributed by atoms with Crippen LogP contribution in [0.15, 0.2) is 0 Å². The lowest BCUT2D eigenvalue weighted by Crippen LogP contribution is -2.07. The molecule has 0 saturated carbocycles. The van der Waals surface area contributed by atoms with Crippen LogP contribution in [0.2, 0.25) is 0 Å². The highest BCUT2D eigenvalue weighted by Gasteiger charge is 2.07. The van der Waals surface area contributed by atoms with Crippen molar-refractivity contribution in [2.45, 2.75) is 38.9 Å². The van der Waals surface area contributed by atoms with Crippen LogP contribution < -0.4 is 5.73 Å². The third kappa shape index (κ3) is 4.03. The lowest BCUT2D eigenvalue weighted by molar-refractivity contribution is 0.749. The maximum absolute atomic E-state index is 5.63. The van der Waals surface area contributed by atoms with Crippen LogP contribution in [0.5, 0.6) is 0 Å². The first-order valence-electron chi connectivity index (χ1n) is 5.21. The highest BCUT2D eigenvalue weighted by molar-refractivity contribution is 7.98. The largest absolute Gasteiger partial charge is 0.368 e. The number of thioether (sulfide) groups is 1. The van der Waals surface area contributed by atoms with Crippen molar-refractivity contribution in [3.05, 3.63) is 11.6 Å². The zero-order chi connectivity index (χ0) is 11.3. The molecule has 0 radical (unpaired) electrons. The molecule has 0 spiro atoms. The van der Waals surface area contributed by atoms with Crippen LogP contribution in [0.25, 0.3) is 0 Å². The molecule has 0 atom stereocenters. The predicted octanol–water partition coefficient (Wildman–Crippen LogP) is 2.22. The van der Waals surface area contributed by atoms with Gasteiger partial charge in [-0.15, -0.1) is 0 Å². The number of aromatic nitrogens is 3. The van der Waals surface area contributed by atoms with Crippen LogP contribution in [0.3, 0.4) is 0 Å². The Bertz CT molecular complexity index is 314. The van der Waals surface area contributed by atoms with Gasteiger partial charge in [0.15, 0.2) is 0 Å². The van der Waals surface area contributed by atoms with Crippen LogP contribution in [-0.4, -0.2) is 20.7 Å². The summed E-state index contributed by atoms with van der Waals surface area (Å²) < 4.78 is 0. The van der Waals surface area contributed by atoms with Crippen LogP contribution in [0.4, 0.5) is 5.95 Å². The first-order valence-corrected chi connectivity index (χ1v) is 6.37. The molecule has 0 aliphatic carbocycles. The molecule has 15 heavy (non-hydrogen) atoms. The number of rotatable bonds is 5. The van der Waals surface area contributed by atoms with Crippen molar-refractivity contribution in [3.63, 3.8) is 0 Å². The van der Waals surface area contributed by atoms with Crippen LogP contribution in [0.1, 0.15) is 44.8 Å². The van der Waals surface area contributed by atoms with Gasteiger partial charge in [-0.2, -0.15) is 21.7 Å². The van der Waals surface area contributed by atoms with Gasteiger partial charge in [0.25, 0.3) is 0 Å². The minimum atomic E-state index is 0.297. The van der Waals surface area contributed by atoms with Crippen molar-refractivity contribution in [1.82, 2.24) is 15.0 Å². The summed E-state index contributed by atoms with van der Waals surface area (Å²) in [6, 6.07) is 0. The van der Waals surface area contributed by atoms with Gasteiger partial charge >= 0.3 is 0 Å². The SMILES string of the molecule is CCCSCc1nc(N)nc(C(C)C)n1.